The van der Waals surface area contributed by atoms with E-state index >= 15 is 0 Å². The molecule has 17 heavy (non-hydrogen) atoms. The van der Waals surface area contributed by atoms with Gasteiger partial charge in [-0.3, -0.25) is 0 Å². The highest BCUT2D eigenvalue weighted by Crippen LogP contribution is 2.36. The first kappa shape index (κ1) is 11.7. The monoisotopic (exact) mass is 242 g/mol. The zero-order valence-corrected chi connectivity index (χ0v) is 8.85. The van der Waals surface area contributed by atoms with Crippen molar-refractivity contribution in [1.82, 2.24) is 0 Å². The SMILES string of the molecule is O=C(O)C(O)c1ccc2c(c1F)OCCCO2. The van der Waals surface area contributed by atoms with E-state index in [1.165, 1.54) is 12.1 Å². The van der Waals surface area contributed by atoms with Gasteiger partial charge in [-0.05, 0) is 12.1 Å². The first-order valence-electron chi connectivity index (χ1n) is 5.10. The average molecular weight is 242 g/mol. The maximum absolute atomic E-state index is 13.9. The Kier molecular flexibility index (Phi) is 3.14. The first-order valence-corrected chi connectivity index (χ1v) is 5.10. The zero-order chi connectivity index (χ0) is 12.4. The molecule has 5 nitrogen and oxygen atoms in total. The van der Waals surface area contributed by atoms with Crippen molar-refractivity contribution in [3.05, 3.63) is 23.5 Å². The molecule has 0 bridgehead atoms. The van der Waals surface area contributed by atoms with Crippen LogP contribution in [-0.2, 0) is 4.79 Å². The number of hydrogen-bond acceptors (Lipinski definition) is 4. The lowest BCUT2D eigenvalue weighted by Gasteiger charge is -2.13. The molecule has 0 saturated heterocycles. The lowest BCUT2D eigenvalue weighted by Crippen LogP contribution is -2.13. The van der Waals surface area contributed by atoms with Crippen LogP contribution in [0.1, 0.15) is 18.1 Å². The van der Waals surface area contributed by atoms with Gasteiger partial charge in [0.05, 0.1) is 13.2 Å². The van der Waals surface area contributed by atoms with Crippen LogP contribution < -0.4 is 9.47 Å². The highest BCUT2D eigenvalue weighted by molar-refractivity contribution is 5.74. The van der Waals surface area contributed by atoms with E-state index in [1.807, 2.05) is 0 Å². The summed E-state index contributed by atoms with van der Waals surface area (Å²) in [6.45, 7) is 0.698. The van der Waals surface area contributed by atoms with Gasteiger partial charge < -0.3 is 19.7 Å². The molecule has 6 heteroatoms. The molecule has 1 atom stereocenters. The van der Waals surface area contributed by atoms with Crippen molar-refractivity contribution < 1.29 is 28.9 Å². The Labute approximate surface area is 96.4 Å². The number of rotatable bonds is 2. The Balaban J connectivity index is 2.44. The third-order valence-electron chi connectivity index (χ3n) is 2.41. The number of aliphatic hydroxyl groups excluding tert-OH is 1. The standard InChI is InChI=1S/C11H11FO5/c12-8-6(9(13)11(14)15)2-3-7-10(8)17-5-1-4-16-7/h2-3,9,13H,1,4-5H2,(H,14,15). The topological polar surface area (TPSA) is 76.0 Å². The fourth-order valence-electron chi connectivity index (χ4n) is 1.56. The van der Waals surface area contributed by atoms with Crippen molar-refractivity contribution >= 4 is 5.97 Å². The van der Waals surface area contributed by atoms with Gasteiger partial charge in [0.15, 0.2) is 23.4 Å². The molecule has 1 heterocycles. The fraction of sp³-hybridized carbons (Fsp3) is 0.364. The molecule has 2 N–H and O–H groups in total. The molecule has 2 rings (SSSR count). The van der Waals surface area contributed by atoms with Gasteiger partial charge in [0, 0.05) is 12.0 Å². The lowest BCUT2D eigenvalue weighted by molar-refractivity contribution is -0.147. The van der Waals surface area contributed by atoms with Gasteiger partial charge in [-0.1, -0.05) is 0 Å². The number of carboxylic acid groups (broad SMARTS) is 1. The third-order valence-corrected chi connectivity index (χ3v) is 2.41. The van der Waals surface area contributed by atoms with Gasteiger partial charge >= 0.3 is 5.97 Å². The second-order valence-corrected chi connectivity index (χ2v) is 3.59. The van der Waals surface area contributed by atoms with E-state index in [9.17, 15) is 14.3 Å². The van der Waals surface area contributed by atoms with Gasteiger partial charge in [0.1, 0.15) is 0 Å². The maximum atomic E-state index is 13.9. The molecule has 0 amide bonds. The number of ether oxygens (including phenoxy) is 2. The van der Waals surface area contributed by atoms with Crippen LogP contribution in [0.4, 0.5) is 4.39 Å². The van der Waals surface area contributed by atoms with Gasteiger partial charge in [0.2, 0.25) is 0 Å². The van der Waals surface area contributed by atoms with E-state index in [-0.39, 0.29) is 23.7 Å². The number of fused-ring (bicyclic) bond motifs is 1. The Hall–Kier alpha value is -1.82. The normalized spacial score (nSPS) is 16.1. The second kappa shape index (κ2) is 4.58. The summed E-state index contributed by atoms with van der Waals surface area (Å²) in [5.41, 5.74) is -0.332. The molecule has 92 valence electrons. The Bertz CT molecular complexity index is 446. The van der Waals surface area contributed by atoms with E-state index in [4.69, 9.17) is 14.6 Å². The summed E-state index contributed by atoms with van der Waals surface area (Å²) in [5.74, 6) is -2.32. The molecule has 0 aromatic heterocycles. The number of benzene rings is 1. The van der Waals surface area contributed by atoms with Crippen LogP contribution in [0.5, 0.6) is 11.5 Å². The number of hydrogen-bond donors (Lipinski definition) is 2. The highest BCUT2D eigenvalue weighted by atomic mass is 19.1. The van der Waals surface area contributed by atoms with Crippen LogP contribution in [0.2, 0.25) is 0 Å². The van der Waals surface area contributed by atoms with E-state index in [2.05, 4.69) is 0 Å². The Morgan fingerprint density at radius 1 is 1.35 bits per heavy atom. The molecule has 0 radical (unpaired) electrons. The predicted octanol–water partition coefficient (Wildman–Crippen LogP) is 1.10. The Morgan fingerprint density at radius 2 is 2.06 bits per heavy atom. The molecule has 1 unspecified atom stereocenters. The largest absolute Gasteiger partial charge is 0.489 e. The maximum Gasteiger partial charge on any atom is 0.337 e. The number of carboxylic acids is 1. The van der Waals surface area contributed by atoms with E-state index in [0.717, 1.165) is 0 Å². The van der Waals surface area contributed by atoms with Crippen LogP contribution in [0, 0.1) is 5.82 Å². The minimum atomic E-state index is -1.91. The van der Waals surface area contributed by atoms with Crippen molar-refractivity contribution in [2.45, 2.75) is 12.5 Å². The molecular formula is C11H11FO5. The number of aliphatic carboxylic acids is 1. The summed E-state index contributed by atoms with van der Waals surface area (Å²) >= 11 is 0. The lowest BCUT2D eigenvalue weighted by atomic mass is 10.1. The molecule has 0 spiro atoms. The first-order chi connectivity index (χ1) is 8.11. The summed E-state index contributed by atoms with van der Waals surface area (Å²) in [5, 5.41) is 17.9. The number of aliphatic hydroxyl groups is 1. The summed E-state index contributed by atoms with van der Waals surface area (Å²) in [6.07, 6.45) is -1.29. The molecule has 1 aliphatic rings. The zero-order valence-electron chi connectivity index (χ0n) is 8.85. The van der Waals surface area contributed by atoms with Crippen LogP contribution >= 0.6 is 0 Å². The summed E-state index contributed by atoms with van der Waals surface area (Å²) in [6, 6.07) is 2.58. The van der Waals surface area contributed by atoms with Crippen LogP contribution in [0.3, 0.4) is 0 Å². The predicted molar refractivity (Wildman–Crippen MR) is 54.6 cm³/mol. The Morgan fingerprint density at radius 3 is 2.76 bits per heavy atom. The van der Waals surface area contributed by atoms with Crippen LogP contribution in [-0.4, -0.2) is 29.4 Å². The minimum absolute atomic E-state index is 0.139. The highest BCUT2D eigenvalue weighted by Gasteiger charge is 2.25. The number of halogens is 1. The molecule has 0 aliphatic carbocycles. The van der Waals surface area contributed by atoms with Gasteiger partial charge in [-0.2, -0.15) is 0 Å². The van der Waals surface area contributed by atoms with Crippen LogP contribution in [0.25, 0.3) is 0 Å². The summed E-state index contributed by atoms with van der Waals surface area (Å²) < 4.78 is 24.3. The molecule has 1 aliphatic heterocycles. The van der Waals surface area contributed by atoms with Crippen molar-refractivity contribution in [2.24, 2.45) is 0 Å². The van der Waals surface area contributed by atoms with Crippen LogP contribution in [0.15, 0.2) is 12.1 Å². The summed E-state index contributed by atoms with van der Waals surface area (Å²) in [7, 11) is 0. The van der Waals surface area contributed by atoms with Gasteiger partial charge in [0.25, 0.3) is 0 Å². The molecule has 0 saturated carbocycles. The second-order valence-electron chi connectivity index (χ2n) is 3.59. The molecule has 1 aromatic carbocycles. The summed E-state index contributed by atoms with van der Waals surface area (Å²) in [4.78, 5) is 10.6. The van der Waals surface area contributed by atoms with E-state index < -0.39 is 17.9 Å². The van der Waals surface area contributed by atoms with Crippen molar-refractivity contribution in [3.63, 3.8) is 0 Å². The van der Waals surface area contributed by atoms with Gasteiger partial charge in [-0.25, -0.2) is 9.18 Å². The molecule has 1 aromatic rings. The van der Waals surface area contributed by atoms with Crippen molar-refractivity contribution in [3.8, 4) is 11.5 Å². The number of carbonyl (C=O) groups is 1. The average Bonchev–Trinajstić information content (AvgIpc) is 2.54. The van der Waals surface area contributed by atoms with Gasteiger partial charge in [-0.15, -0.1) is 0 Å². The van der Waals surface area contributed by atoms with E-state index in [1.54, 1.807) is 0 Å². The fourth-order valence-corrected chi connectivity index (χ4v) is 1.56. The van der Waals surface area contributed by atoms with Crippen molar-refractivity contribution in [1.29, 1.82) is 0 Å². The molecular weight excluding hydrogens is 231 g/mol. The quantitative estimate of drug-likeness (QED) is 0.812. The van der Waals surface area contributed by atoms with E-state index in [0.29, 0.717) is 13.0 Å². The minimum Gasteiger partial charge on any atom is -0.489 e. The molecule has 0 fully saturated rings. The smallest absolute Gasteiger partial charge is 0.337 e. The third kappa shape index (κ3) is 2.16. The van der Waals surface area contributed by atoms with Crippen molar-refractivity contribution in [2.75, 3.05) is 13.2 Å².